The van der Waals surface area contributed by atoms with Crippen molar-refractivity contribution in [1.82, 2.24) is 23.6 Å². The Hall–Kier alpha value is -2.91. The van der Waals surface area contributed by atoms with Crippen LogP contribution in [0.15, 0.2) is 15.9 Å². The third-order valence-electron chi connectivity index (χ3n) is 4.57. The molecule has 25 heavy (non-hydrogen) atoms. The Morgan fingerprint density at radius 2 is 2.00 bits per heavy atom. The van der Waals surface area contributed by atoms with Gasteiger partial charge >= 0.3 is 11.7 Å². The van der Waals surface area contributed by atoms with E-state index >= 15 is 0 Å². The molecule has 0 N–H and O–H groups in total. The lowest BCUT2D eigenvalue weighted by molar-refractivity contribution is -0.151. The molecule has 0 unspecified atom stereocenters. The molecule has 1 aliphatic heterocycles. The van der Waals surface area contributed by atoms with Crippen LogP contribution < -0.4 is 11.2 Å². The number of hydrogen-bond donors (Lipinski definition) is 0. The molecule has 1 fully saturated rings. The molecule has 1 atom stereocenters. The van der Waals surface area contributed by atoms with Crippen LogP contribution in [0, 0.1) is 0 Å². The van der Waals surface area contributed by atoms with Crippen LogP contribution in [0.4, 0.5) is 0 Å². The zero-order valence-electron chi connectivity index (χ0n) is 14.3. The summed E-state index contributed by atoms with van der Waals surface area (Å²) >= 11 is 0. The topological polar surface area (TPSA) is 108 Å². The number of amides is 1. The zero-order chi connectivity index (χ0) is 18.3. The number of fused-ring (bicyclic) bond motifs is 1. The summed E-state index contributed by atoms with van der Waals surface area (Å²) in [4.78, 5) is 54.3. The second-order valence-corrected chi connectivity index (χ2v) is 6.02. The Balaban J connectivity index is 1.96. The first-order chi connectivity index (χ1) is 11.9. The van der Waals surface area contributed by atoms with Gasteiger partial charge in [-0.25, -0.2) is 14.6 Å². The molecule has 0 saturated carbocycles. The Morgan fingerprint density at radius 3 is 2.68 bits per heavy atom. The van der Waals surface area contributed by atoms with Gasteiger partial charge in [0.2, 0.25) is 5.91 Å². The Labute approximate surface area is 142 Å². The molecule has 0 spiro atoms. The normalized spacial score (nSPS) is 17.2. The minimum absolute atomic E-state index is 0.141. The summed E-state index contributed by atoms with van der Waals surface area (Å²) in [6.45, 7) is 0.319. The first-order valence-corrected chi connectivity index (χ1v) is 7.85. The van der Waals surface area contributed by atoms with Crippen molar-refractivity contribution in [3.8, 4) is 0 Å². The molecule has 0 bridgehead atoms. The fourth-order valence-corrected chi connectivity index (χ4v) is 3.20. The molecule has 10 nitrogen and oxygen atoms in total. The van der Waals surface area contributed by atoms with Crippen molar-refractivity contribution >= 4 is 23.0 Å². The number of carbonyl (C=O) groups is 2. The van der Waals surface area contributed by atoms with E-state index in [1.54, 1.807) is 0 Å². The number of methoxy groups -OCH3 is 1. The number of imidazole rings is 1. The maximum atomic E-state index is 12.6. The van der Waals surface area contributed by atoms with Gasteiger partial charge in [0.25, 0.3) is 5.56 Å². The van der Waals surface area contributed by atoms with Gasteiger partial charge < -0.3 is 14.2 Å². The fourth-order valence-electron chi connectivity index (χ4n) is 3.20. The van der Waals surface area contributed by atoms with Crippen LogP contribution in [0.3, 0.4) is 0 Å². The van der Waals surface area contributed by atoms with E-state index in [0.29, 0.717) is 19.4 Å². The Morgan fingerprint density at radius 1 is 1.28 bits per heavy atom. The highest BCUT2D eigenvalue weighted by Crippen LogP contribution is 2.19. The Kier molecular flexibility index (Phi) is 4.19. The first kappa shape index (κ1) is 16.9. The molecule has 2 aromatic rings. The molecule has 3 heterocycles. The minimum atomic E-state index is -0.598. The third kappa shape index (κ3) is 2.63. The van der Waals surface area contributed by atoms with Crippen LogP contribution in [-0.4, -0.2) is 55.2 Å². The molecule has 134 valence electrons. The van der Waals surface area contributed by atoms with Crippen LogP contribution in [-0.2, 0) is 35.0 Å². The standard InChI is InChI=1S/C15H19N5O5/c1-17-12-11(13(22)18(2)15(17)24)19(8-16-12)7-10(21)20-6-4-5-9(20)14(23)25-3/h8-9H,4-7H2,1-3H3/t9-/m0/s1. The van der Waals surface area contributed by atoms with Gasteiger partial charge in [-0.3, -0.25) is 18.7 Å². The van der Waals surface area contributed by atoms with E-state index in [0.717, 1.165) is 4.57 Å². The number of likely N-dealkylation sites (tertiary alicyclic amines) is 1. The number of nitrogens with zero attached hydrogens (tertiary/aromatic N) is 5. The average molecular weight is 349 g/mol. The Bertz CT molecular complexity index is 969. The lowest BCUT2D eigenvalue weighted by Gasteiger charge is -2.22. The highest BCUT2D eigenvalue weighted by atomic mass is 16.5. The van der Waals surface area contributed by atoms with Crippen molar-refractivity contribution in [2.24, 2.45) is 14.1 Å². The van der Waals surface area contributed by atoms with Crippen molar-refractivity contribution in [3.63, 3.8) is 0 Å². The van der Waals surface area contributed by atoms with Gasteiger partial charge in [0.15, 0.2) is 11.2 Å². The van der Waals surface area contributed by atoms with Gasteiger partial charge in [0.05, 0.1) is 13.4 Å². The van der Waals surface area contributed by atoms with Crippen LogP contribution in [0.1, 0.15) is 12.8 Å². The highest BCUT2D eigenvalue weighted by Gasteiger charge is 2.35. The second-order valence-electron chi connectivity index (χ2n) is 6.02. The molecule has 0 aliphatic carbocycles. The van der Waals surface area contributed by atoms with E-state index in [1.165, 1.54) is 41.6 Å². The molecule has 3 rings (SSSR count). The van der Waals surface area contributed by atoms with Crippen LogP contribution in [0.25, 0.3) is 11.2 Å². The molecule has 0 radical (unpaired) electrons. The molecular weight excluding hydrogens is 330 g/mol. The summed E-state index contributed by atoms with van der Waals surface area (Å²) in [7, 11) is 4.17. The lowest BCUT2D eigenvalue weighted by Crippen LogP contribution is -2.43. The van der Waals surface area contributed by atoms with E-state index in [9.17, 15) is 19.2 Å². The summed E-state index contributed by atoms with van der Waals surface area (Å²) in [5.41, 5.74) is -0.618. The number of hydrogen-bond acceptors (Lipinski definition) is 6. The largest absolute Gasteiger partial charge is 0.467 e. The number of carbonyl (C=O) groups excluding carboxylic acids is 2. The number of ether oxygens (including phenoxy) is 1. The van der Waals surface area contributed by atoms with Gasteiger partial charge in [0.1, 0.15) is 12.6 Å². The monoisotopic (exact) mass is 349 g/mol. The van der Waals surface area contributed by atoms with Gasteiger partial charge in [0, 0.05) is 20.6 Å². The average Bonchev–Trinajstić information content (AvgIpc) is 3.24. The van der Waals surface area contributed by atoms with E-state index in [-0.39, 0.29) is 23.6 Å². The van der Waals surface area contributed by atoms with Crippen molar-refractivity contribution in [2.75, 3.05) is 13.7 Å². The SMILES string of the molecule is COC(=O)[C@@H]1CCCN1C(=O)Cn1cnc2c1c(=O)n(C)c(=O)n2C. The van der Waals surface area contributed by atoms with Crippen LogP contribution in [0.2, 0.25) is 0 Å². The van der Waals surface area contributed by atoms with E-state index in [2.05, 4.69) is 4.98 Å². The zero-order valence-corrected chi connectivity index (χ0v) is 14.3. The second kappa shape index (κ2) is 6.19. The molecule has 1 saturated heterocycles. The van der Waals surface area contributed by atoms with Gasteiger partial charge in [-0.15, -0.1) is 0 Å². The molecular formula is C15H19N5O5. The summed E-state index contributed by atoms with van der Waals surface area (Å²) in [6, 6.07) is -0.598. The number of aromatic nitrogens is 4. The lowest BCUT2D eigenvalue weighted by atomic mass is 10.2. The van der Waals surface area contributed by atoms with Crippen molar-refractivity contribution in [2.45, 2.75) is 25.4 Å². The summed E-state index contributed by atoms with van der Waals surface area (Å²) in [5.74, 6) is -0.747. The third-order valence-corrected chi connectivity index (χ3v) is 4.57. The molecule has 1 amide bonds. The van der Waals surface area contributed by atoms with Crippen molar-refractivity contribution in [1.29, 1.82) is 0 Å². The molecule has 2 aromatic heterocycles. The quantitative estimate of drug-likeness (QED) is 0.631. The number of aryl methyl sites for hydroxylation is 1. The van der Waals surface area contributed by atoms with Crippen LogP contribution in [0.5, 0.6) is 0 Å². The summed E-state index contributed by atoms with van der Waals surface area (Å²) in [5, 5.41) is 0. The van der Waals surface area contributed by atoms with Gasteiger partial charge in [-0.1, -0.05) is 0 Å². The molecule has 1 aliphatic rings. The van der Waals surface area contributed by atoms with Crippen molar-refractivity contribution in [3.05, 3.63) is 27.2 Å². The van der Waals surface area contributed by atoms with Gasteiger partial charge in [-0.2, -0.15) is 0 Å². The maximum Gasteiger partial charge on any atom is 0.332 e. The maximum absolute atomic E-state index is 12.6. The summed E-state index contributed by atoms with van der Waals surface area (Å²) in [6.07, 6.45) is 2.62. The smallest absolute Gasteiger partial charge is 0.332 e. The summed E-state index contributed by atoms with van der Waals surface area (Å²) < 4.78 is 8.37. The number of rotatable bonds is 3. The predicted octanol–water partition coefficient (Wildman–Crippen LogP) is -1.40. The molecule has 10 heteroatoms. The predicted molar refractivity (Wildman–Crippen MR) is 87.0 cm³/mol. The van der Waals surface area contributed by atoms with Crippen molar-refractivity contribution < 1.29 is 14.3 Å². The fraction of sp³-hybridized carbons (Fsp3) is 0.533. The molecule has 0 aromatic carbocycles. The first-order valence-electron chi connectivity index (χ1n) is 7.85. The van der Waals surface area contributed by atoms with Crippen LogP contribution >= 0.6 is 0 Å². The van der Waals surface area contributed by atoms with Gasteiger partial charge in [-0.05, 0) is 12.8 Å². The van der Waals surface area contributed by atoms with E-state index in [1.807, 2.05) is 0 Å². The van der Waals surface area contributed by atoms with E-state index < -0.39 is 23.3 Å². The van der Waals surface area contributed by atoms with E-state index in [4.69, 9.17) is 4.74 Å². The minimum Gasteiger partial charge on any atom is -0.467 e. The highest BCUT2D eigenvalue weighted by molar-refractivity contribution is 5.85. The number of esters is 1.